The van der Waals surface area contributed by atoms with Gasteiger partial charge in [0.2, 0.25) is 0 Å². The fourth-order valence-corrected chi connectivity index (χ4v) is 7.46. The lowest BCUT2D eigenvalue weighted by Gasteiger charge is -2.24. The summed E-state index contributed by atoms with van der Waals surface area (Å²) in [6.45, 7) is 3.38. The molecule has 0 bridgehead atoms. The zero-order chi connectivity index (χ0) is 29.9. The molecule has 3 aromatic rings. The highest BCUT2D eigenvalue weighted by molar-refractivity contribution is 7.66. The van der Waals surface area contributed by atoms with E-state index in [1.165, 1.54) is 17.8 Å². The van der Waals surface area contributed by atoms with Crippen LogP contribution in [0.4, 0.5) is 10.2 Å². The van der Waals surface area contributed by atoms with Gasteiger partial charge < -0.3 is 20.3 Å². The van der Waals surface area contributed by atoms with Crippen molar-refractivity contribution in [3.8, 4) is 0 Å². The van der Waals surface area contributed by atoms with Gasteiger partial charge in [-0.3, -0.25) is 23.0 Å². The Morgan fingerprint density at radius 3 is 2.68 bits per heavy atom. The lowest BCUT2D eigenvalue weighted by Crippen LogP contribution is -2.33. The zero-order valence-electron chi connectivity index (χ0n) is 22.6. The number of aromatic nitrogens is 4. The van der Waals surface area contributed by atoms with Gasteiger partial charge in [0.1, 0.15) is 36.2 Å². The van der Waals surface area contributed by atoms with Crippen LogP contribution in [0.1, 0.15) is 24.5 Å². The third kappa shape index (κ3) is 7.34. The molecule has 15 nitrogen and oxygen atoms in total. The molecule has 1 aliphatic heterocycles. The third-order valence-corrected chi connectivity index (χ3v) is 9.83. The molecule has 0 radical (unpaired) electrons. The van der Waals surface area contributed by atoms with Crippen LogP contribution in [0.25, 0.3) is 11.2 Å². The highest BCUT2D eigenvalue weighted by Crippen LogP contribution is 2.61. The van der Waals surface area contributed by atoms with Gasteiger partial charge in [0.25, 0.3) is 7.52 Å². The number of aliphatic hydroxyl groups excluding tert-OH is 1. The molecule has 18 heteroatoms. The van der Waals surface area contributed by atoms with E-state index >= 15 is 4.39 Å². The van der Waals surface area contributed by atoms with E-state index in [1.807, 2.05) is 6.07 Å². The van der Waals surface area contributed by atoms with Gasteiger partial charge in [0.15, 0.2) is 23.9 Å². The maximum Gasteiger partial charge on any atom is 0.481 e. The van der Waals surface area contributed by atoms with Crippen LogP contribution >= 0.6 is 15.3 Å². The molecule has 0 saturated carbocycles. The average molecular weight is 616 g/mol. The number of esters is 1. The Bertz CT molecular complexity index is 1480. The molecule has 0 amide bonds. The Labute approximate surface area is 234 Å². The number of hydrogen-bond donors (Lipinski definition) is 3. The fourth-order valence-electron chi connectivity index (χ4n) is 4.05. The predicted octanol–water partition coefficient (Wildman–Crippen LogP) is 2.65. The molecule has 7 atom stereocenters. The number of carbonyl (C=O) groups is 1. The second-order valence-corrected chi connectivity index (χ2v) is 13.4. The van der Waals surface area contributed by atoms with Crippen LogP contribution in [0.2, 0.25) is 0 Å². The summed E-state index contributed by atoms with van der Waals surface area (Å²) in [5.41, 5.74) is 7.03. The van der Waals surface area contributed by atoms with Crippen LogP contribution < -0.4 is 10.8 Å². The SMILES string of the molecule is COP(=O)(OC[C@H]1O[C@@H](n2cnc3c(N)nc(C)nc32)[C@H](F)C1O)OP(C)(=O)N[C@@H](C)C(=O)OCc1ccccc1. The van der Waals surface area contributed by atoms with Gasteiger partial charge in [-0.1, -0.05) is 30.3 Å². The normalized spacial score (nSPS) is 24.5. The molecule has 1 saturated heterocycles. The molecule has 2 aromatic heterocycles. The number of nitrogens with one attached hydrogen (secondary N) is 1. The van der Waals surface area contributed by atoms with Crippen LogP contribution in [0.3, 0.4) is 0 Å². The van der Waals surface area contributed by atoms with Crippen molar-refractivity contribution >= 4 is 38.3 Å². The number of halogens is 1. The van der Waals surface area contributed by atoms with Gasteiger partial charge in [-0.05, 0) is 19.4 Å². The first-order chi connectivity index (χ1) is 19.3. The Balaban J connectivity index is 1.36. The number of carbonyl (C=O) groups excluding carboxylic acids is 1. The van der Waals surface area contributed by atoms with Crippen LogP contribution in [-0.4, -0.2) is 75.4 Å². The Hall–Kier alpha value is -2.81. The number of hydrogen-bond acceptors (Lipinski definition) is 13. The lowest BCUT2D eigenvalue weighted by molar-refractivity contribution is -0.146. The predicted molar refractivity (Wildman–Crippen MR) is 143 cm³/mol. The van der Waals surface area contributed by atoms with Crippen LogP contribution in [0.15, 0.2) is 36.7 Å². The Kier molecular flexibility index (Phi) is 9.56. The molecule has 224 valence electrons. The van der Waals surface area contributed by atoms with Gasteiger partial charge in [0.05, 0.1) is 12.9 Å². The highest BCUT2D eigenvalue weighted by Gasteiger charge is 2.47. The van der Waals surface area contributed by atoms with E-state index < -0.39 is 58.6 Å². The lowest BCUT2D eigenvalue weighted by atomic mass is 10.1. The third-order valence-electron chi connectivity index (χ3n) is 6.01. The van der Waals surface area contributed by atoms with Crippen molar-refractivity contribution in [3.05, 3.63) is 48.0 Å². The number of ether oxygens (including phenoxy) is 2. The summed E-state index contributed by atoms with van der Waals surface area (Å²) in [5, 5.41) is 12.9. The van der Waals surface area contributed by atoms with Gasteiger partial charge in [-0.15, -0.1) is 0 Å². The highest BCUT2D eigenvalue weighted by atomic mass is 31.3. The topological polar surface area (TPSA) is 199 Å². The molecule has 0 spiro atoms. The number of alkyl halides is 1. The first-order valence-electron chi connectivity index (χ1n) is 12.3. The molecular formula is C23H31FN6O9P2. The number of aliphatic hydroxyl groups is 1. The second-order valence-electron chi connectivity index (χ2n) is 9.28. The first-order valence-corrected chi connectivity index (χ1v) is 15.9. The summed E-state index contributed by atoms with van der Waals surface area (Å²) in [6, 6.07) is 7.82. The van der Waals surface area contributed by atoms with Crippen molar-refractivity contribution in [2.24, 2.45) is 0 Å². The number of rotatable bonds is 12. The number of fused-ring (bicyclic) bond motifs is 1. The van der Waals surface area contributed by atoms with Crippen molar-refractivity contribution in [2.75, 3.05) is 26.1 Å². The van der Waals surface area contributed by atoms with E-state index in [4.69, 9.17) is 28.6 Å². The number of benzene rings is 1. The molecular weight excluding hydrogens is 585 g/mol. The standard InChI is InChI=1S/C23H31FN6O9P2/c1-13(23(32)36-10-15-8-6-5-7-9-15)29-40(4,33)39-41(34,35-3)37-11-16-19(31)17(24)22(38-16)30-12-26-18-20(25)27-14(2)28-21(18)30/h5-9,12-13,16-17,19,22,31H,10-11H2,1-4H3,(H,29,33)(H2,25,27,28)/t13-,16+,17+,19?,22+,40?,41?/m0/s1. The van der Waals surface area contributed by atoms with Gasteiger partial charge in [-0.25, -0.2) is 33.3 Å². The number of nitrogens with two attached hydrogens (primary N) is 1. The zero-order valence-corrected chi connectivity index (χ0v) is 24.4. The second kappa shape index (κ2) is 12.6. The average Bonchev–Trinajstić information content (AvgIpc) is 3.46. The Morgan fingerprint density at radius 2 is 2.00 bits per heavy atom. The largest absolute Gasteiger partial charge is 0.481 e. The molecule has 1 aromatic carbocycles. The van der Waals surface area contributed by atoms with Crippen molar-refractivity contribution in [3.63, 3.8) is 0 Å². The van der Waals surface area contributed by atoms with Crippen molar-refractivity contribution in [1.82, 2.24) is 24.6 Å². The number of anilines is 1. The smallest absolute Gasteiger partial charge is 0.460 e. The monoisotopic (exact) mass is 616 g/mol. The van der Waals surface area contributed by atoms with Crippen molar-refractivity contribution < 1.29 is 46.3 Å². The van der Waals surface area contributed by atoms with Crippen LogP contribution in [0.5, 0.6) is 0 Å². The summed E-state index contributed by atoms with van der Waals surface area (Å²) in [4.78, 5) is 24.7. The number of phosphoric ester groups is 1. The van der Waals surface area contributed by atoms with Crippen molar-refractivity contribution in [1.29, 1.82) is 0 Å². The quantitative estimate of drug-likeness (QED) is 0.198. The minimum absolute atomic E-state index is 0.00464. The van der Waals surface area contributed by atoms with Crippen molar-refractivity contribution in [2.45, 2.75) is 51.1 Å². The summed E-state index contributed by atoms with van der Waals surface area (Å²) >= 11 is 0. The first kappa shape index (κ1) is 31.1. The van der Waals surface area contributed by atoms with E-state index in [1.54, 1.807) is 31.2 Å². The molecule has 4 N–H and O–H groups in total. The van der Waals surface area contributed by atoms with E-state index in [0.717, 1.165) is 19.3 Å². The summed E-state index contributed by atoms with van der Waals surface area (Å²) in [6.07, 6.45) is -5.13. The minimum atomic E-state index is -4.55. The number of aryl methyl sites for hydroxylation is 1. The van der Waals surface area contributed by atoms with E-state index in [-0.39, 0.29) is 23.6 Å². The molecule has 1 fully saturated rings. The number of nitrogens with zero attached hydrogens (tertiary/aromatic N) is 4. The van der Waals surface area contributed by atoms with Gasteiger partial charge >= 0.3 is 13.8 Å². The van der Waals surface area contributed by atoms with E-state index in [2.05, 4.69) is 20.0 Å². The van der Waals surface area contributed by atoms with Gasteiger partial charge in [-0.2, -0.15) is 0 Å². The number of phosphoric acid groups is 1. The molecule has 3 unspecified atom stereocenters. The molecule has 0 aliphatic carbocycles. The number of imidazole rings is 1. The van der Waals surface area contributed by atoms with E-state index in [0.29, 0.717) is 5.82 Å². The summed E-state index contributed by atoms with van der Waals surface area (Å²) < 4.78 is 68.5. The molecule has 41 heavy (non-hydrogen) atoms. The maximum absolute atomic E-state index is 15.1. The van der Waals surface area contributed by atoms with Crippen LogP contribution in [0, 0.1) is 6.92 Å². The van der Waals surface area contributed by atoms with Gasteiger partial charge in [0, 0.05) is 13.8 Å². The summed E-state index contributed by atoms with van der Waals surface area (Å²) in [7, 11) is -7.56. The maximum atomic E-state index is 15.1. The van der Waals surface area contributed by atoms with E-state index in [9.17, 15) is 19.0 Å². The Morgan fingerprint density at radius 1 is 1.29 bits per heavy atom. The summed E-state index contributed by atoms with van der Waals surface area (Å²) in [5.74, 6) is -0.320. The molecule has 3 heterocycles. The minimum Gasteiger partial charge on any atom is -0.460 e. The molecule has 1 aliphatic rings. The molecule has 4 rings (SSSR count). The van der Waals surface area contributed by atoms with Crippen LogP contribution in [-0.2, 0) is 43.4 Å². The number of nitrogen functional groups attached to an aromatic ring is 1. The fraction of sp³-hybridized carbons (Fsp3) is 0.478.